The Morgan fingerprint density at radius 1 is 0.941 bits per heavy atom. The van der Waals surface area contributed by atoms with Gasteiger partial charge >= 0.3 is 0 Å². The van der Waals surface area contributed by atoms with Gasteiger partial charge in [-0.15, -0.1) is 0 Å². The van der Waals surface area contributed by atoms with Crippen LogP contribution in [0.4, 0.5) is 5.69 Å². The van der Waals surface area contributed by atoms with Gasteiger partial charge in [-0.05, 0) is 36.2 Å². The SMILES string of the molecule is N=C1N=C2C(=NC[NH+]2c2ccccc2C2CCOCC3OC(Oc4c2cc2c(c4O)C(=O)c4cc(CO)ccc4C2=O)C(O)C(O)C3O)C(=O)N1. The Morgan fingerprint density at radius 3 is 2.55 bits per heavy atom. The topological polar surface area (TPSA) is 245 Å². The summed E-state index contributed by atoms with van der Waals surface area (Å²) in [5, 5.41) is 64.4. The van der Waals surface area contributed by atoms with Crippen molar-refractivity contribution in [2.24, 2.45) is 9.98 Å². The van der Waals surface area contributed by atoms with Crippen LogP contribution in [-0.4, -0.2) is 111 Å². The number of aromatic hydroxyl groups is 1. The van der Waals surface area contributed by atoms with Crippen molar-refractivity contribution in [2.45, 2.75) is 49.7 Å². The molecule has 51 heavy (non-hydrogen) atoms. The number of hydrogen-bond donors (Lipinski definition) is 8. The Hall–Kier alpha value is -5.20. The first-order valence-corrected chi connectivity index (χ1v) is 16.2. The number of hydrogen-bond acceptors (Lipinski definition) is 13. The van der Waals surface area contributed by atoms with E-state index in [0.717, 1.165) is 0 Å². The first kappa shape index (κ1) is 33.0. The van der Waals surface area contributed by atoms with E-state index in [9.17, 15) is 39.9 Å². The molecule has 4 heterocycles. The van der Waals surface area contributed by atoms with Crippen LogP contribution in [0.25, 0.3) is 0 Å². The third kappa shape index (κ3) is 5.27. The molecule has 0 radical (unpaired) electrons. The number of carbonyl (C=O) groups is 3. The van der Waals surface area contributed by atoms with E-state index >= 15 is 0 Å². The molecule has 8 N–H and O–H groups in total. The molecule has 4 aliphatic heterocycles. The fourth-order valence-electron chi connectivity index (χ4n) is 7.31. The maximum atomic E-state index is 14.1. The zero-order chi connectivity index (χ0) is 35.7. The smallest absolute Gasteiger partial charge is 0.284 e. The van der Waals surface area contributed by atoms with E-state index in [4.69, 9.17) is 19.6 Å². The average molecular weight is 699 g/mol. The number of amidine groups is 1. The number of quaternary nitrogens is 1. The fourth-order valence-corrected chi connectivity index (χ4v) is 7.31. The van der Waals surface area contributed by atoms with Crippen LogP contribution >= 0.6 is 0 Å². The number of ether oxygens (including phenoxy) is 3. The van der Waals surface area contributed by atoms with Crippen LogP contribution in [0, 0.1) is 5.41 Å². The highest BCUT2D eigenvalue weighted by Gasteiger charge is 2.47. The molecule has 1 fully saturated rings. The largest absolute Gasteiger partial charge is 0.504 e. The number of para-hydroxylation sites is 1. The lowest BCUT2D eigenvalue weighted by Gasteiger charge is -2.40. The number of phenolic OH excluding ortho intramolecular Hbond substituents is 1. The molecule has 7 atom stereocenters. The molecule has 262 valence electrons. The Morgan fingerprint density at radius 2 is 1.75 bits per heavy atom. The monoisotopic (exact) mass is 698 g/mol. The van der Waals surface area contributed by atoms with Crippen LogP contribution in [-0.2, 0) is 20.9 Å². The molecule has 2 bridgehead atoms. The quantitative estimate of drug-likeness (QED) is 0.126. The van der Waals surface area contributed by atoms with Gasteiger partial charge in [0.15, 0.2) is 29.7 Å². The molecule has 1 amide bonds. The third-order valence-electron chi connectivity index (χ3n) is 9.86. The first-order chi connectivity index (χ1) is 24.6. The summed E-state index contributed by atoms with van der Waals surface area (Å²) < 4.78 is 18.0. The van der Waals surface area contributed by atoms with Gasteiger partial charge in [0.05, 0.1) is 18.8 Å². The number of carbonyl (C=O) groups excluding carboxylic acids is 3. The minimum atomic E-state index is -1.80. The van der Waals surface area contributed by atoms with Crippen molar-refractivity contribution in [1.82, 2.24) is 5.32 Å². The van der Waals surface area contributed by atoms with Gasteiger partial charge in [-0.1, -0.05) is 24.3 Å². The molecule has 3 aromatic carbocycles. The Balaban J connectivity index is 1.33. The zero-order valence-corrected chi connectivity index (χ0v) is 26.7. The normalized spacial score (nSPS) is 28.6. The molecular formula is C35H32N5O11+. The zero-order valence-electron chi connectivity index (χ0n) is 26.7. The second kappa shape index (κ2) is 12.5. The summed E-state index contributed by atoms with van der Waals surface area (Å²) in [5.41, 5.74) is 1.48. The minimum absolute atomic E-state index is 0.0230. The van der Waals surface area contributed by atoms with E-state index < -0.39 is 59.8 Å². The number of nitrogens with one attached hydrogen (secondary N) is 3. The van der Waals surface area contributed by atoms with Crippen molar-refractivity contribution in [3.05, 3.63) is 87.5 Å². The maximum Gasteiger partial charge on any atom is 0.284 e. The van der Waals surface area contributed by atoms with Gasteiger partial charge in [-0.25, -0.2) is 9.89 Å². The molecule has 16 heteroatoms. The number of aliphatic imine (C=N–C) groups is 2. The molecule has 1 saturated heterocycles. The van der Waals surface area contributed by atoms with Gasteiger partial charge in [0.2, 0.25) is 18.0 Å². The number of aliphatic hydroxyl groups excluding tert-OH is 4. The predicted molar refractivity (Wildman–Crippen MR) is 175 cm³/mol. The van der Waals surface area contributed by atoms with Crippen molar-refractivity contribution in [3.8, 4) is 11.5 Å². The van der Waals surface area contributed by atoms with Crippen LogP contribution in [0.5, 0.6) is 11.5 Å². The lowest BCUT2D eigenvalue weighted by atomic mass is 9.78. The number of nitrogens with zero attached hydrogens (tertiary/aromatic N) is 2. The highest BCUT2D eigenvalue weighted by molar-refractivity contribution is 6.68. The first-order valence-electron chi connectivity index (χ1n) is 16.2. The summed E-state index contributed by atoms with van der Waals surface area (Å²) in [4.78, 5) is 49.9. The Bertz CT molecular complexity index is 2100. The number of benzene rings is 3. The van der Waals surface area contributed by atoms with Crippen LogP contribution in [0.3, 0.4) is 0 Å². The third-order valence-corrected chi connectivity index (χ3v) is 9.86. The lowest BCUT2D eigenvalue weighted by Crippen LogP contribution is -3.09. The number of amides is 1. The van der Waals surface area contributed by atoms with E-state index in [1.807, 2.05) is 0 Å². The molecule has 16 nitrogen and oxygen atoms in total. The van der Waals surface area contributed by atoms with Gasteiger partial charge in [0, 0.05) is 40.3 Å². The van der Waals surface area contributed by atoms with Gasteiger partial charge < -0.3 is 39.7 Å². The molecule has 5 aliphatic rings. The number of phenols is 1. The van der Waals surface area contributed by atoms with Gasteiger partial charge in [-0.2, -0.15) is 4.99 Å². The van der Waals surface area contributed by atoms with Gasteiger partial charge in [0.1, 0.15) is 30.1 Å². The van der Waals surface area contributed by atoms with E-state index in [1.54, 1.807) is 24.3 Å². The second-order valence-electron chi connectivity index (χ2n) is 12.8. The molecule has 3 aromatic rings. The van der Waals surface area contributed by atoms with E-state index in [-0.39, 0.29) is 84.0 Å². The van der Waals surface area contributed by atoms with Gasteiger partial charge in [-0.3, -0.25) is 25.1 Å². The van der Waals surface area contributed by atoms with Crippen molar-refractivity contribution >= 4 is 40.7 Å². The van der Waals surface area contributed by atoms with Crippen LogP contribution in [0.2, 0.25) is 0 Å². The Labute approximate surface area is 288 Å². The summed E-state index contributed by atoms with van der Waals surface area (Å²) >= 11 is 0. The molecule has 8 rings (SSSR count). The van der Waals surface area contributed by atoms with Crippen molar-refractivity contribution in [2.75, 3.05) is 19.9 Å². The number of rotatable bonds is 3. The van der Waals surface area contributed by atoms with E-state index in [0.29, 0.717) is 21.7 Å². The standard InChI is InChI=1S/C35H31N5O11/c36-35-38-32-24(33(48)39-35)37-13-40(32)21-4-2-1-3-16(21)15-7-8-49-12-22-27(44)29(46)30(47)34(50-22)51-31-19(15)10-20-23(28(31)45)26(43)18-9-14(11-41)5-6-17(18)25(20)42/h1-6,9-10,15,22,27,29-30,34,41,44-47H,7-8,11-13H2,(H2,36,39,48)/p+1. The Kier molecular flexibility index (Phi) is 8.10. The second-order valence-corrected chi connectivity index (χ2v) is 12.8. The molecule has 1 aliphatic carbocycles. The van der Waals surface area contributed by atoms with Crippen molar-refractivity contribution < 1.29 is 59.0 Å². The van der Waals surface area contributed by atoms with Crippen molar-refractivity contribution in [1.29, 1.82) is 5.41 Å². The molecule has 0 aromatic heterocycles. The minimum Gasteiger partial charge on any atom is -0.504 e. The highest BCUT2D eigenvalue weighted by Crippen LogP contribution is 2.48. The van der Waals surface area contributed by atoms with E-state index in [1.165, 1.54) is 24.3 Å². The average Bonchev–Trinajstić information content (AvgIpc) is 3.54. The molecule has 0 spiro atoms. The number of aliphatic hydroxyl groups is 4. The van der Waals surface area contributed by atoms with Crippen LogP contribution in [0.1, 0.15) is 60.9 Å². The van der Waals surface area contributed by atoms with Gasteiger partial charge in [0.25, 0.3) is 11.7 Å². The maximum absolute atomic E-state index is 14.1. The number of fused-ring (bicyclic) bond motifs is 6. The summed E-state index contributed by atoms with van der Waals surface area (Å²) in [5.74, 6) is -3.69. The summed E-state index contributed by atoms with van der Waals surface area (Å²) in [7, 11) is 0. The lowest BCUT2D eigenvalue weighted by molar-refractivity contribution is -0.723. The molecule has 7 unspecified atom stereocenters. The molecular weight excluding hydrogens is 666 g/mol. The summed E-state index contributed by atoms with van der Waals surface area (Å²) in [6, 6.07) is 12.9. The summed E-state index contributed by atoms with van der Waals surface area (Å²) in [6.07, 6.45) is -7.66. The van der Waals surface area contributed by atoms with Crippen LogP contribution < -0.4 is 15.0 Å². The van der Waals surface area contributed by atoms with Crippen LogP contribution in [0.15, 0.2) is 58.5 Å². The summed E-state index contributed by atoms with van der Waals surface area (Å²) in [6.45, 7) is -0.468. The predicted octanol–water partition coefficient (Wildman–Crippen LogP) is -1.21. The van der Waals surface area contributed by atoms with Crippen molar-refractivity contribution in [3.63, 3.8) is 0 Å². The fraction of sp³-hybridized carbons (Fsp3) is 0.314. The number of guanidine groups is 1. The van der Waals surface area contributed by atoms with E-state index in [2.05, 4.69) is 15.3 Å². The highest BCUT2D eigenvalue weighted by atomic mass is 16.7. The number of ketones is 2. The molecule has 0 saturated carbocycles.